The fourth-order valence-electron chi connectivity index (χ4n) is 2.63. The van der Waals surface area contributed by atoms with E-state index in [9.17, 15) is 27.2 Å². The average molecular weight is 421 g/mol. The van der Waals surface area contributed by atoms with Crippen molar-refractivity contribution in [2.24, 2.45) is 0 Å². The van der Waals surface area contributed by atoms with Crippen LogP contribution >= 0.6 is 0 Å². The molecule has 0 spiro atoms. The van der Waals surface area contributed by atoms with E-state index in [2.05, 4.69) is 15.0 Å². The summed E-state index contributed by atoms with van der Waals surface area (Å²) in [6, 6.07) is 1.52. The predicted molar refractivity (Wildman–Crippen MR) is 95.4 cm³/mol. The van der Waals surface area contributed by atoms with E-state index in [4.69, 9.17) is 4.74 Å². The molecule has 1 N–H and O–H groups in total. The van der Waals surface area contributed by atoms with Crippen molar-refractivity contribution >= 4 is 17.8 Å². The van der Waals surface area contributed by atoms with Gasteiger partial charge in [0.05, 0.1) is 6.54 Å². The number of halogens is 4. The third-order valence-electron chi connectivity index (χ3n) is 3.88. The van der Waals surface area contributed by atoms with Gasteiger partial charge in [-0.25, -0.2) is 9.18 Å². The molecule has 1 aliphatic rings. The smallest absolute Gasteiger partial charge is 0.422 e. The first kappa shape index (κ1) is 22.7. The van der Waals surface area contributed by atoms with Gasteiger partial charge in [0.15, 0.2) is 6.61 Å². The SMILES string of the molecule is Cc1ccc(OCC(F)(F)F)nc1NC(=O)[C@@H]1C[C@@H](F)CN1C(=O)OC(C)(C)C. The summed E-state index contributed by atoms with van der Waals surface area (Å²) in [4.78, 5) is 29.8. The molecule has 1 aliphatic heterocycles. The molecule has 0 bridgehead atoms. The fourth-order valence-corrected chi connectivity index (χ4v) is 2.63. The standard InChI is InChI=1S/C18H23F4N3O4/c1-10-5-6-13(28-9-18(20,21)22)23-14(10)24-15(26)12-7-11(19)8-25(12)16(27)29-17(2,3)4/h5-6,11-12H,7-9H2,1-4H3,(H,23,24,26)/t11-,12+/m1/s1. The zero-order chi connectivity index (χ0) is 22.0. The van der Waals surface area contributed by atoms with Gasteiger partial charge in [0.2, 0.25) is 11.8 Å². The molecule has 2 rings (SSSR count). The lowest BCUT2D eigenvalue weighted by atomic mass is 10.2. The number of ether oxygens (including phenoxy) is 2. The molecule has 11 heteroatoms. The molecule has 7 nitrogen and oxygen atoms in total. The highest BCUT2D eigenvalue weighted by Gasteiger charge is 2.42. The van der Waals surface area contributed by atoms with Crippen LogP contribution in [0.1, 0.15) is 32.8 Å². The normalized spacial score (nSPS) is 19.8. The van der Waals surface area contributed by atoms with E-state index in [-0.39, 0.29) is 24.7 Å². The Kier molecular flexibility index (Phi) is 6.59. The molecule has 0 aromatic carbocycles. The average Bonchev–Trinajstić information content (AvgIpc) is 2.95. The number of carbonyl (C=O) groups excluding carboxylic acids is 2. The Labute approximate surface area is 165 Å². The number of hydrogen-bond donors (Lipinski definition) is 1. The molecule has 0 saturated carbocycles. The van der Waals surface area contributed by atoms with Gasteiger partial charge < -0.3 is 14.8 Å². The van der Waals surface area contributed by atoms with E-state index < -0.39 is 42.6 Å². The molecule has 0 aliphatic carbocycles. The fraction of sp³-hybridized carbons (Fsp3) is 0.611. The van der Waals surface area contributed by atoms with Crippen LogP contribution in [0, 0.1) is 6.92 Å². The highest BCUT2D eigenvalue weighted by atomic mass is 19.4. The summed E-state index contributed by atoms with van der Waals surface area (Å²) >= 11 is 0. The van der Waals surface area contributed by atoms with Crippen molar-refractivity contribution in [1.82, 2.24) is 9.88 Å². The number of anilines is 1. The number of hydrogen-bond acceptors (Lipinski definition) is 5. The number of pyridine rings is 1. The van der Waals surface area contributed by atoms with Crippen LogP contribution in [-0.4, -0.2) is 59.0 Å². The minimum atomic E-state index is -4.54. The molecular formula is C18H23F4N3O4. The third-order valence-corrected chi connectivity index (χ3v) is 3.88. The summed E-state index contributed by atoms with van der Waals surface area (Å²) in [6.45, 7) is 4.67. The lowest BCUT2D eigenvalue weighted by Crippen LogP contribution is -2.45. The van der Waals surface area contributed by atoms with Crippen LogP contribution < -0.4 is 10.1 Å². The Bertz CT molecular complexity index is 764. The maximum absolute atomic E-state index is 13.9. The number of aryl methyl sites for hydroxylation is 1. The Morgan fingerprint density at radius 3 is 2.52 bits per heavy atom. The van der Waals surface area contributed by atoms with Crippen molar-refractivity contribution in [1.29, 1.82) is 0 Å². The summed E-state index contributed by atoms with van der Waals surface area (Å²) in [7, 11) is 0. The van der Waals surface area contributed by atoms with E-state index in [0.717, 1.165) is 4.90 Å². The van der Waals surface area contributed by atoms with Crippen molar-refractivity contribution in [2.75, 3.05) is 18.5 Å². The van der Waals surface area contributed by atoms with E-state index in [0.29, 0.717) is 5.56 Å². The molecule has 1 fully saturated rings. The van der Waals surface area contributed by atoms with E-state index in [1.807, 2.05) is 0 Å². The zero-order valence-electron chi connectivity index (χ0n) is 16.5. The van der Waals surface area contributed by atoms with Crippen LogP contribution in [0.2, 0.25) is 0 Å². The summed E-state index contributed by atoms with van der Waals surface area (Å²) in [5.74, 6) is -1.09. The molecule has 1 aromatic heterocycles. The topological polar surface area (TPSA) is 80.8 Å². The number of rotatable bonds is 4. The van der Waals surface area contributed by atoms with Gasteiger partial charge >= 0.3 is 12.3 Å². The third kappa shape index (κ3) is 6.75. The second-order valence-corrected chi connectivity index (χ2v) is 7.69. The highest BCUT2D eigenvalue weighted by molar-refractivity contribution is 5.96. The van der Waals surface area contributed by atoms with Crippen LogP contribution in [0.25, 0.3) is 0 Å². The van der Waals surface area contributed by atoms with Crippen molar-refractivity contribution in [3.63, 3.8) is 0 Å². The number of nitrogens with zero attached hydrogens (tertiary/aromatic N) is 2. The highest BCUT2D eigenvalue weighted by Crippen LogP contribution is 2.26. The van der Waals surface area contributed by atoms with Gasteiger partial charge in [-0.15, -0.1) is 0 Å². The van der Waals surface area contributed by atoms with E-state index >= 15 is 0 Å². The van der Waals surface area contributed by atoms with E-state index in [1.54, 1.807) is 27.7 Å². The molecule has 1 saturated heterocycles. The van der Waals surface area contributed by atoms with Crippen molar-refractivity contribution < 1.29 is 36.6 Å². The number of nitrogens with one attached hydrogen (secondary N) is 1. The summed E-state index contributed by atoms with van der Waals surface area (Å²) < 4.78 is 60.6. The maximum atomic E-state index is 13.9. The van der Waals surface area contributed by atoms with Gasteiger partial charge in [-0.05, 0) is 33.3 Å². The van der Waals surface area contributed by atoms with Crippen molar-refractivity contribution in [3.8, 4) is 5.88 Å². The van der Waals surface area contributed by atoms with Gasteiger partial charge in [0.1, 0.15) is 23.6 Å². The molecule has 2 amide bonds. The number of amides is 2. The maximum Gasteiger partial charge on any atom is 0.422 e. The quantitative estimate of drug-likeness (QED) is 0.752. The minimum absolute atomic E-state index is 0.0406. The van der Waals surface area contributed by atoms with Crippen LogP contribution in [0.5, 0.6) is 5.88 Å². The van der Waals surface area contributed by atoms with Crippen LogP contribution in [0.15, 0.2) is 12.1 Å². The van der Waals surface area contributed by atoms with Crippen molar-refractivity contribution in [2.45, 2.75) is 58.1 Å². The first-order valence-electron chi connectivity index (χ1n) is 8.87. The molecule has 0 unspecified atom stereocenters. The monoisotopic (exact) mass is 421 g/mol. The largest absolute Gasteiger partial charge is 0.468 e. The number of carbonyl (C=O) groups is 2. The Hall–Kier alpha value is -2.59. The molecule has 29 heavy (non-hydrogen) atoms. The van der Waals surface area contributed by atoms with Gasteiger partial charge in [-0.3, -0.25) is 9.69 Å². The Morgan fingerprint density at radius 1 is 1.28 bits per heavy atom. The summed E-state index contributed by atoms with van der Waals surface area (Å²) in [6.07, 6.45) is -7.00. The summed E-state index contributed by atoms with van der Waals surface area (Å²) in [5, 5.41) is 2.43. The van der Waals surface area contributed by atoms with Gasteiger partial charge in [-0.2, -0.15) is 18.2 Å². The molecule has 2 atom stereocenters. The number of likely N-dealkylation sites (tertiary alicyclic amines) is 1. The second kappa shape index (κ2) is 8.42. The molecule has 1 aromatic rings. The lowest BCUT2D eigenvalue weighted by molar-refractivity contribution is -0.154. The van der Waals surface area contributed by atoms with Crippen molar-refractivity contribution in [3.05, 3.63) is 17.7 Å². The van der Waals surface area contributed by atoms with Gasteiger partial charge in [-0.1, -0.05) is 6.07 Å². The van der Waals surface area contributed by atoms with Crippen LogP contribution in [-0.2, 0) is 9.53 Å². The van der Waals surface area contributed by atoms with Gasteiger partial charge in [0, 0.05) is 12.5 Å². The van der Waals surface area contributed by atoms with Crippen LogP contribution in [0.3, 0.4) is 0 Å². The summed E-state index contributed by atoms with van der Waals surface area (Å²) in [5.41, 5.74) is -0.370. The Balaban J connectivity index is 2.12. The number of alkyl halides is 4. The first-order valence-corrected chi connectivity index (χ1v) is 8.87. The molecule has 2 heterocycles. The molecular weight excluding hydrogens is 398 g/mol. The minimum Gasteiger partial charge on any atom is -0.468 e. The molecule has 0 radical (unpaired) electrons. The van der Waals surface area contributed by atoms with E-state index in [1.165, 1.54) is 12.1 Å². The Morgan fingerprint density at radius 2 is 1.93 bits per heavy atom. The second-order valence-electron chi connectivity index (χ2n) is 7.69. The zero-order valence-corrected chi connectivity index (χ0v) is 16.5. The number of aromatic nitrogens is 1. The molecule has 162 valence electrons. The van der Waals surface area contributed by atoms with Crippen LogP contribution in [0.4, 0.5) is 28.2 Å². The lowest BCUT2D eigenvalue weighted by Gasteiger charge is -2.27. The van der Waals surface area contributed by atoms with Gasteiger partial charge in [0.25, 0.3) is 0 Å². The first-order chi connectivity index (χ1) is 13.2. The predicted octanol–water partition coefficient (Wildman–Crippen LogP) is 3.62.